The van der Waals surface area contributed by atoms with Gasteiger partial charge in [0.15, 0.2) is 0 Å². The normalized spacial score (nSPS) is 17.1. The van der Waals surface area contributed by atoms with Gasteiger partial charge in [-0.25, -0.2) is 0 Å². The van der Waals surface area contributed by atoms with Gasteiger partial charge in [0, 0.05) is 11.8 Å². The third kappa shape index (κ3) is 6.69. The van der Waals surface area contributed by atoms with Crippen molar-refractivity contribution in [1.29, 1.82) is 0 Å². The molecule has 1 heterocycles. The van der Waals surface area contributed by atoms with Gasteiger partial charge in [-0.2, -0.15) is 0 Å². The predicted molar refractivity (Wildman–Crippen MR) is 155 cm³/mol. The number of ether oxygens (including phenoxy) is 2. The van der Waals surface area contributed by atoms with Gasteiger partial charge < -0.3 is 14.6 Å². The highest BCUT2D eigenvalue weighted by Gasteiger charge is 2.32. The molecule has 38 heavy (non-hydrogen) atoms. The van der Waals surface area contributed by atoms with E-state index >= 15 is 0 Å². The molecule has 204 valence electrons. The molecule has 1 saturated heterocycles. The van der Waals surface area contributed by atoms with Crippen molar-refractivity contribution in [2.24, 2.45) is 5.92 Å². The van der Waals surface area contributed by atoms with Crippen LogP contribution in [0.1, 0.15) is 94.0 Å². The Bertz CT molecular complexity index is 1190. The standard InChI is InChI=1S/C34H44O4/c1-7-11-12-19-33(36,8-2)20-17-27-13-14-29(22-25(27)5)34(9-3,10-4)30-15-16-31(26(6)23-30)38-24-28-18-21-37-32(28)35/h13-17,20,22-23,28,36H,7-11,18,21,24H2,1-6H3/t28?,33-/m1/s1. The Morgan fingerprint density at radius 2 is 1.71 bits per heavy atom. The number of unbranched alkanes of at least 4 members (excludes halogenated alkanes) is 1. The molecule has 3 rings (SSSR count). The van der Waals surface area contributed by atoms with E-state index in [1.165, 1.54) is 16.7 Å². The monoisotopic (exact) mass is 516 g/mol. The SMILES string of the molecule is CCCC#C[C@@](O)(C=Cc1ccc(C(CC)(CC)c2ccc(OCC3CCOC3=O)c(C)c2)cc1C)CC. The van der Waals surface area contributed by atoms with Crippen LogP contribution in [0.5, 0.6) is 5.75 Å². The lowest BCUT2D eigenvalue weighted by atomic mass is 9.70. The third-order valence-electron chi connectivity index (χ3n) is 8.00. The lowest BCUT2D eigenvalue weighted by molar-refractivity contribution is -0.141. The minimum atomic E-state index is -1.10. The number of hydrogen-bond donors (Lipinski definition) is 1. The van der Waals surface area contributed by atoms with Gasteiger partial charge >= 0.3 is 5.97 Å². The van der Waals surface area contributed by atoms with E-state index in [4.69, 9.17) is 9.47 Å². The maximum Gasteiger partial charge on any atom is 0.312 e. The summed E-state index contributed by atoms with van der Waals surface area (Å²) >= 11 is 0. The Morgan fingerprint density at radius 3 is 2.26 bits per heavy atom. The summed E-state index contributed by atoms with van der Waals surface area (Å²) in [6, 6.07) is 13.1. The first-order valence-corrected chi connectivity index (χ1v) is 14.1. The first-order valence-electron chi connectivity index (χ1n) is 14.1. The first kappa shape index (κ1) is 29.5. The van der Waals surface area contributed by atoms with Crippen LogP contribution in [0.2, 0.25) is 0 Å². The third-order valence-corrected chi connectivity index (χ3v) is 8.00. The van der Waals surface area contributed by atoms with Crippen LogP contribution in [0.25, 0.3) is 6.08 Å². The van der Waals surface area contributed by atoms with E-state index in [9.17, 15) is 9.90 Å². The Balaban J connectivity index is 1.86. The molecule has 1 N–H and O–H groups in total. The number of benzene rings is 2. The molecule has 0 bridgehead atoms. The largest absolute Gasteiger partial charge is 0.492 e. The molecule has 2 aromatic rings. The summed E-state index contributed by atoms with van der Waals surface area (Å²) in [5, 5.41) is 10.9. The molecule has 0 amide bonds. The molecular weight excluding hydrogens is 472 g/mol. The van der Waals surface area contributed by atoms with Crippen LogP contribution in [-0.2, 0) is 14.9 Å². The molecule has 1 unspecified atom stereocenters. The van der Waals surface area contributed by atoms with Crippen molar-refractivity contribution in [2.45, 2.75) is 91.1 Å². The minimum absolute atomic E-state index is 0.124. The molecule has 0 aliphatic carbocycles. The second-order valence-electron chi connectivity index (χ2n) is 10.5. The quantitative estimate of drug-likeness (QED) is 0.251. The highest BCUT2D eigenvalue weighted by Crippen LogP contribution is 2.41. The maximum absolute atomic E-state index is 11.8. The van der Waals surface area contributed by atoms with Crippen LogP contribution in [0.4, 0.5) is 0 Å². The number of hydrogen-bond acceptors (Lipinski definition) is 4. The van der Waals surface area contributed by atoms with E-state index in [0.717, 1.165) is 49.0 Å². The number of aliphatic hydroxyl groups is 1. The number of aryl methyl sites for hydroxylation is 2. The number of carbonyl (C=O) groups is 1. The average Bonchev–Trinajstić information content (AvgIpc) is 3.33. The van der Waals surface area contributed by atoms with Crippen molar-refractivity contribution in [1.82, 2.24) is 0 Å². The highest BCUT2D eigenvalue weighted by atomic mass is 16.5. The zero-order valence-electron chi connectivity index (χ0n) is 24.0. The number of cyclic esters (lactones) is 1. The van der Waals surface area contributed by atoms with Crippen molar-refractivity contribution in [3.8, 4) is 17.6 Å². The highest BCUT2D eigenvalue weighted by molar-refractivity contribution is 5.74. The van der Waals surface area contributed by atoms with E-state index in [-0.39, 0.29) is 17.3 Å². The first-order chi connectivity index (χ1) is 18.2. The van der Waals surface area contributed by atoms with Gasteiger partial charge in [-0.05, 0) is 85.9 Å². The van der Waals surface area contributed by atoms with Crippen molar-refractivity contribution >= 4 is 12.0 Å². The van der Waals surface area contributed by atoms with E-state index in [1.807, 2.05) is 25.1 Å². The Hall–Kier alpha value is -3.03. The van der Waals surface area contributed by atoms with Crippen molar-refractivity contribution in [3.63, 3.8) is 0 Å². The summed E-state index contributed by atoms with van der Waals surface area (Å²) in [4.78, 5) is 11.8. The van der Waals surface area contributed by atoms with Crippen LogP contribution in [0, 0.1) is 31.6 Å². The summed E-state index contributed by atoms with van der Waals surface area (Å²) in [6.45, 7) is 13.6. The van der Waals surface area contributed by atoms with Crippen LogP contribution in [-0.4, -0.2) is 29.9 Å². The summed E-state index contributed by atoms with van der Waals surface area (Å²) in [7, 11) is 0. The lowest BCUT2D eigenvalue weighted by Gasteiger charge is -2.34. The molecule has 1 aliphatic rings. The molecule has 2 atom stereocenters. The topological polar surface area (TPSA) is 55.8 Å². The Morgan fingerprint density at radius 1 is 1.03 bits per heavy atom. The van der Waals surface area contributed by atoms with Crippen LogP contribution in [0.3, 0.4) is 0 Å². The minimum Gasteiger partial charge on any atom is -0.492 e. The zero-order valence-corrected chi connectivity index (χ0v) is 24.0. The molecule has 0 aromatic heterocycles. The fourth-order valence-electron chi connectivity index (χ4n) is 5.20. The van der Waals surface area contributed by atoms with Crippen molar-refractivity contribution < 1.29 is 19.4 Å². The summed E-state index contributed by atoms with van der Waals surface area (Å²) < 4.78 is 11.1. The Kier molecular flexibility index (Phi) is 10.2. The van der Waals surface area contributed by atoms with E-state index in [1.54, 1.807) is 0 Å². The van der Waals surface area contributed by atoms with Gasteiger partial charge in [-0.15, -0.1) is 0 Å². The van der Waals surface area contributed by atoms with Gasteiger partial charge in [0.1, 0.15) is 18.0 Å². The van der Waals surface area contributed by atoms with Crippen molar-refractivity contribution in [2.75, 3.05) is 13.2 Å². The molecule has 0 saturated carbocycles. The van der Waals surface area contributed by atoms with Gasteiger partial charge in [-0.1, -0.05) is 75.9 Å². The van der Waals surface area contributed by atoms with E-state index in [0.29, 0.717) is 19.6 Å². The van der Waals surface area contributed by atoms with Gasteiger partial charge in [-0.3, -0.25) is 4.79 Å². The Labute approximate surface area is 229 Å². The summed E-state index contributed by atoms with van der Waals surface area (Å²) in [5.41, 5.74) is 4.65. The molecule has 4 heteroatoms. The predicted octanol–water partition coefficient (Wildman–Crippen LogP) is 7.31. The molecule has 2 aromatic carbocycles. The molecule has 1 fully saturated rings. The zero-order chi connectivity index (χ0) is 27.8. The van der Waals surface area contributed by atoms with Crippen LogP contribution < -0.4 is 4.74 Å². The fraction of sp³-hybridized carbons (Fsp3) is 0.500. The molecule has 4 nitrogen and oxygen atoms in total. The molecule has 0 radical (unpaired) electrons. The van der Waals surface area contributed by atoms with Gasteiger partial charge in [0.2, 0.25) is 0 Å². The molecular formula is C34H44O4. The lowest BCUT2D eigenvalue weighted by Crippen LogP contribution is -2.26. The second kappa shape index (κ2) is 13.2. The average molecular weight is 517 g/mol. The molecule has 0 spiro atoms. The number of rotatable bonds is 11. The molecule has 1 aliphatic heterocycles. The maximum atomic E-state index is 11.8. The fourth-order valence-corrected chi connectivity index (χ4v) is 5.20. The smallest absolute Gasteiger partial charge is 0.312 e. The number of esters is 1. The van der Waals surface area contributed by atoms with E-state index < -0.39 is 5.60 Å². The van der Waals surface area contributed by atoms with E-state index in [2.05, 4.69) is 76.8 Å². The van der Waals surface area contributed by atoms with Crippen LogP contribution >= 0.6 is 0 Å². The van der Waals surface area contributed by atoms with Crippen LogP contribution in [0.15, 0.2) is 42.5 Å². The van der Waals surface area contributed by atoms with Gasteiger partial charge in [0.25, 0.3) is 0 Å². The second-order valence-corrected chi connectivity index (χ2v) is 10.5. The van der Waals surface area contributed by atoms with Gasteiger partial charge in [0.05, 0.1) is 12.5 Å². The van der Waals surface area contributed by atoms with Crippen molar-refractivity contribution in [3.05, 3.63) is 70.3 Å². The summed E-state index contributed by atoms with van der Waals surface area (Å²) in [5.74, 6) is 6.61. The summed E-state index contributed by atoms with van der Waals surface area (Å²) in [6.07, 6.45) is 8.82. The number of carbonyl (C=O) groups excluding carboxylic acids is 1.